The number of allylic oxidation sites excluding steroid dienone is 2. The molecule has 0 bridgehead atoms. The zero-order valence-electron chi connectivity index (χ0n) is 8.43. The molecule has 12 heavy (non-hydrogen) atoms. The average Bonchev–Trinajstić information content (AvgIpc) is 2.03. The van der Waals surface area contributed by atoms with Crippen molar-refractivity contribution in [1.82, 2.24) is 0 Å². The molecule has 0 aromatic rings. The molecule has 0 aromatic carbocycles. The van der Waals surface area contributed by atoms with Crippen LogP contribution in [0.3, 0.4) is 0 Å². The number of aliphatic hydroxyl groups is 1. The Hall–Kier alpha value is -0.560. The van der Waals surface area contributed by atoms with Gasteiger partial charge in [-0.2, -0.15) is 0 Å². The predicted molar refractivity (Wildman–Crippen MR) is 54.1 cm³/mol. The summed E-state index contributed by atoms with van der Waals surface area (Å²) in [6.45, 7) is 9.74. The van der Waals surface area contributed by atoms with Crippen LogP contribution in [0.15, 0.2) is 24.3 Å². The molecule has 0 heterocycles. The zero-order chi connectivity index (χ0) is 9.61. The minimum atomic E-state index is -0.661. The maximum absolute atomic E-state index is 9.79. The van der Waals surface area contributed by atoms with Crippen LogP contribution >= 0.6 is 0 Å². The monoisotopic (exact) mass is 168 g/mol. The molecule has 0 spiro atoms. The van der Waals surface area contributed by atoms with E-state index in [9.17, 15) is 5.11 Å². The molecule has 0 aliphatic carbocycles. The van der Waals surface area contributed by atoms with Crippen LogP contribution in [0.4, 0.5) is 0 Å². The first-order valence-electron chi connectivity index (χ1n) is 4.53. The van der Waals surface area contributed by atoms with Gasteiger partial charge in [0.2, 0.25) is 0 Å². The molecule has 0 saturated carbocycles. The third kappa shape index (κ3) is 4.35. The van der Waals surface area contributed by atoms with Gasteiger partial charge >= 0.3 is 0 Å². The summed E-state index contributed by atoms with van der Waals surface area (Å²) in [6.07, 6.45) is 6.24. The molecule has 0 aromatic heterocycles. The summed E-state index contributed by atoms with van der Waals surface area (Å²) in [5.74, 6) is 0. The van der Waals surface area contributed by atoms with Gasteiger partial charge in [-0.25, -0.2) is 0 Å². The van der Waals surface area contributed by atoms with E-state index in [1.54, 1.807) is 6.08 Å². The minimum absolute atomic E-state index is 0.661. The topological polar surface area (TPSA) is 20.2 Å². The van der Waals surface area contributed by atoms with Crippen molar-refractivity contribution in [2.45, 2.75) is 45.6 Å². The van der Waals surface area contributed by atoms with Crippen LogP contribution in [0.25, 0.3) is 0 Å². The maximum Gasteiger partial charge on any atom is 0.0825 e. The highest BCUT2D eigenvalue weighted by atomic mass is 16.3. The molecule has 1 unspecified atom stereocenters. The summed E-state index contributed by atoms with van der Waals surface area (Å²) in [6, 6.07) is 0. The molecule has 0 aliphatic rings. The fourth-order valence-electron chi connectivity index (χ4n) is 1.03. The van der Waals surface area contributed by atoms with Crippen molar-refractivity contribution < 1.29 is 5.11 Å². The quantitative estimate of drug-likeness (QED) is 0.625. The lowest BCUT2D eigenvalue weighted by Gasteiger charge is -2.21. The highest BCUT2D eigenvalue weighted by molar-refractivity contribution is 4.99. The smallest absolute Gasteiger partial charge is 0.0825 e. The SMILES string of the molecule is C=CC(O)(CC)CCC=C(C)C. The third-order valence-corrected chi connectivity index (χ3v) is 2.12. The van der Waals surface area contributed by atoms with Crippen LogP contribution in [0.1, 0.15) is 40.0 Å². The van der Waals surface area contributed by atoms with E-state index in [-0.39, 0.29) is 0 Å². The number of rotatable bonds is 5. The van der Waals surface area contributed by atoms with Crippen LogP contribution in [0.5, 0.6) is 0 Å². The van der Waals surface area contributed by atoms with Gasteiger partial charge in [-0.05, 0) is 33.1 Å². The van der Waals surface area contributed by atoms with Crippen molar-refractivity contribution in [2.75, 3.05) is 0 Å². The Morgan fingerprint density at radius 3 is 2.42 bits per heavy atom. The van der Waals surface area contributed by atoms with Crippen molar-refractivity contribution in [1.29, 1.82) is 0 Å². The largest absolute Gasteiger partial charge is 0.386 e. The summed E-state index contributed by atoms with van der Waals surface area (Å²) < 4.78 is 0. The third-order valence-electron chi connectivity index (χ3n) is 2.12. The van der Waals surface area contributed by atoms with Gasteiger partial charge in [0, 0.05) is 0 Å². The Morgan fingerprint density at radius 2 is 2.08 bits per heavy atom. The van der Waals surface area contributed by atoms with Crippen molar-refractivity contribution >= 4 is 0 Å². The molecule has 1 atom stereocenters. The fourth-order valence-corrected chi connectivity index (χ4v) is 1.03. The molecular formula is C11H20O. The second kappa shape index (κ2) is 5.15. The van der Waals surface area contributed by atoms with E-state index in [0.29, 0.717) is 0 Å². The maximum atomic E-state index is 9.79. The first-order chi connectivity index (χ1) is 5.54. The first-order valence-corrected chi connectivity index (χ1v) is 4.53. The van der Waals surface area contributed by atoms with E-state index in [0.717, 1.165) is 19.3 Å². The van der Waals surface area contributed by atoms with E-state index in [4.69, 9.17) is 0 Å². The molecule has 1 nitrogen and oxygen atoms in total. The molecule has 0 saturated heterocycles. The van der Waals surface area contributed by atoms with Crippen LogP contribution in [0, 0.1) is 0 Å². The Morgan fingerprint density at radius 1 is 1.50 bits per heavy atom. The van der Waals surface area contributed by atoms with Gasteiger partial charge in [-0.1, -0.05) is 24.6 Å². The standard InChI is InChI=1S/C11H20O/c1-5-11(12,6-2)9-7-8-10(3)4/h5,8,12H,1,6-7,9H2,2-4H3. The van der Waals surface area contributed by atoms with Gasteiger partial charge in [0.1, 0.15) is 0 Å². The van der Waals surface area contributed by atoms with Gasteiger partial charge < -0.3 is 5.11 Å². The minimum Gasteiger partial charge on any atom is -0.386 e. The van der Waals surface area contributed by atoms with Gasteiger partial charge in [0.05, 0.1) is 5.60 Å². The summed E-state index contributed by atoms with van der Waals surface area (Å²) >= 11 is 0. The van der Waals surface area contributed by atoms with E-state index >= 15 is 0 Å². The highest BCUT2D eigenvalue weighted by Crippen LogP contribution is 2.18. The summed E-state index contributed by atoms with van der Waals surface area (Å²) in [4.78, 5) is 0. The lowest BCUT2D eigenvalue weighted by Crippen LogP contribution is -2.23. The van der Waals surface area contributed by atoms with E-state index < -0.39 is 5.60 Å². The summed E-state index contributed by atoms with van der Waals surface area (Å²) in [5, 5.41) is 9.79. The Bertz CT molecular complexity index is 166. The summed E-state index contributed by atoms with van der Waals surface area (Å²) in [5.41, 5.74) is 0.642. The Balaban J connectivity index is 3.89. The molecule has 1 N–H and O–H groups in total. The molecule has 0 amide bonds. The number of hydrogen-bond donors (Lipinski definition) is 1. The normalized spacial score (nSPS) is 15.0. The fraction of sp³-hybridized carbons (Fsp3) is 0.636. The Kier molecular flexibility index (Phi) is 4.91. The summed E-state index contributed by atoms with van der Waals surface area (Å²) in [7, 11) is 0. The van der Waals surface area contributed by atoms with E-state index in [1.165, 1.54) is 5.57 Å². The number of hydrogen-bond acceptors (Lipinski definition) is 1. The molecular weight excluding hydrogens is 148 g/mol. The van der Waals surface area contributed by atoms with E-state index in [2.05, 4.69) is 26.5 Å². The molecule has 0 fully saturated rings. The molecule has 70 valence electrons. The van der Waals surface area contributed by atoms with Crippen LogP contribution in [-0.2, 0) is 0 Å². The Labute approximate surface area is 75.8 Å². The van der Waals surface area contributed by atoms with E-state index in [1.807, 2.05) is 6.92 Å². The highest BCUT2D eigenvalue weighted by Gasteiger charge is 2.18. The molecule has 0 rings (SSSR count). The lowest BCUT2D eigenvalue weighted by atomic mass is 9.94. The van der Waals surface area contributed by atoms with Crippen LogP contribution < -0.4 is 0 Å². The second-order valence-electron chi connectivity index (χ2n) is 3.48. The molecule has 1 heteroatoms. The van der Waals surface area contributed by atoms with Gasteiger partial charge in [0.25, 0.3) is 0 Å². The van der Waals surface area contributed by atoms with Crippen molar-refractivity contribution in [3.63, 3.8) is 0 Å². The lowest BCUT2D eigenvalue weighted by molar-refractivity contribution is 0.0788. The van der Waals surface area contributed by atoms with Gasteiger partial charge in [-0.3, -0.25) is 0 Å². The second-order valence-corrected chi connectivity index (χ2v) is 3.48. The van der Waals surface area contributed by atoms with Crippen molar-refractivity contribution in [2.24, 2.45) is 0 Å². The van der Waals surface area contributed by atoms with Gasteiger partial charge in [-0.15, -0.1) is 6.58 Å². The van der Waals surface area contributed by atoms with Gasteiger partial charge in [0.15, 0.2) is 0 Å². The van der Waals surface area contributed by atoms with Crippen LogP contribution in [-0.4, -0.2) is 10.7 Å². The first kappa shape index (κ1) is 11.4. The van der Waals surface area contributed by atoms with Crippen molar-refractivity contribution in [3.05, 3.63) is 24.3 Å². The zero-order valence-corrected chi connectivity index (χ0v) is 8.43. The average molecular weight is 168 g/mol. The van der Waals surface area contributed by atoms with Crippen molar-refractivity contribution in [3.8, 4) is 0 Å². The van der Waals surface area contributed by atoms with Crippen LogP contribution in [0.2, 0.25) is 0 Å². The predicted octanol–water partition coefficient (Wildman–Crippen LogP) is 3.06. The molecule has 0 radical (unpaired) electrons. The molecule has 0 aliphatic heterocycles.